The van der Waals surface area contributed by atoms with Gasteiger partial charge in [0.25, 0.3) is 5.56 Å². The molecule has 0 amide bonds. The molecule has 112 valence electrons. The van der Waals surface area contributed by atoms with Gasteiger partial charge >= 0.3 is 5.97 Å². The molecule has 2 heterocycles. The molecule has 0 bridgehead atoms. The van der Waals surface area contributed by atoms with E-state index in [4.69, 9.17) is 0 Å². The smallest absolute Gasteiger partial charge is 0.325 e. The molecule has 0 fully saturated rings. The number of ether oxygens (including phenoxy) is 1. The van der Waals surface area contributed by atoms with E-state index in [1.54, 1.807) is 6.07 Å². The molecule has 0 spiro atoms. The monoisotopic (exact) mass is 303 g/mol. The van der Waals surface area contributed by atoms with Gasteiger partial charge in [-0.25, -0.2) is 9.37 Å². The molecule has 2 aromatic heterocycles. The molecule has 0 radical (unpaired) electrons. The molecule has 8 nitrogen and oxygen atoms in total. The molecule has 0 saturated heterocycles. The summed E-state index contributed by atoms with van der Waals surface area (Å²) in [6, 6.07) is 5.66. The van der Waals surface area contributed by atoms with Crippen LogP contribution in [0.5, 0.6) is 0 Å². The highest BCUT2D eigenvalue weighted by Gasteiger charge is 2.15. The fourth-order valence-electron chi connectivity index (χ4n) is 1.94. The molecule has 22 heavy (non-hydrogen) atoms. The minimum absolute atomic E-state index is 0.0179. The van der Waals surface area contributed by atoms with Crippen molar-refractivity contribution < 1.29 is 13.9 Å². The van der Waals surface area contributed by atoms with Crippen molar-refractivity contribution in [1.29, 1.82) is 0 Å². The van der Waals surface area contributed by atoms with Crippen molar-refractivity contribution in [3.63, 3.8) is 0 Å². The maximum atomic E-state index is 13.3. The number of methoxy groups -OCH3 is 1. The van der Waals surface area contributed by atoms with Crippen LogP contribution in [0.3, 0.4) is 0 Å². The number of rotatable bonds is 3. The van der Waals surface area contributed by atoms with Crippen molar-refractivity contribution in [2.75, 3.05) is 7.11 Å². The number of hydrogen-bond acceptors (Lipinski definition) is 6. The van der Waals surface area contributed by atoms with Gasteiger partial charge in [-0.1, -0.05) is 11.3 Å². The van der Waals surface area contributed by atoms with Crippen molar-refractivity contribution in [2.24, 2.45) is 0 Å². The molecule has 3 rings (SSSR count). The largest absolute Gasteiger partial charge is 0.468 e. The first kappa shape index (κ1) is 13.9. The zero-order chi connectivity index (χ0) is 15.7. The van der Waals surface area contributed by atoms with Crippen molar-refractivity contribution in [2.45, 2.75) is 6.54 Å². The average molecular weight is 303 g/mol. The first-order chi connectivity index (χ1) is 10.6. The van der Waals surface area contributed by atoms with Crippen LogP contribution in [0.1, 0.15) is 0 Å². The molecule has 0 N–H and O–H groups in total. The zero-order valence-corrected chi connectivity index (χ0v) is 11.4. The molecular weight excluding hydrogens is 293 g/mol. The summed E-state index contributed by atoms with van der Waals surface area (Å²) < 4.78 is 20.1. The fourth-order valence-corrected chi connectivity index (χ4v) is 1.94. The Bertz CT molecular complexity index is 917. The number of esters is 1. The van der Waals surface area contributed by atoms with E-state index in [9.17, 15) is 14.0 Å². The Kier molecular flexibility index (Phi) is 3.37. The highest BCUT2D eigenvalue weighted by atomic mass is 19.1. The zero-order valence-electron chi connectivity index (χ0n) is 11.4. The van der Waals surface area contributed by atoms with Crippen molar-refractivity contribution >= 4 is 17.1 Å². The molecule has 0 saturated carbocycles. The number of nitrogens with zero attached hydrogens (tertiary/aromatic N) is 5. The van der Waals surface area contributed by atoms with Crippen molar-refractivity contribution in [3.8, 4) is 5.69 Å². The van der Waals surface area contributed by atoms with E-state index in [-0.39, 0.29) is 17.7 Å². The standard InChI is InChI=1S/C13H10FN5O3/c1-22-10(20)6-18-7-15-12-11(13(18)21)16-17-19(12)9-4-2-3-8(14)5-9/h2-5,7H,6H2,1H3. The van der Waals surface area contributed by atoms with E-state index in [2.05, 4.69) is 20.0 Å². The van der Waals surface area contributed by atoms with E-state index in [1.807, 2.05) is 0 Å². The van der Waals surface area contributed by atoms with E-state index < -0.39 is 17.3 Å². The third kappa shape index (κ3) is 2.32. The van der Waals surface area contributed by atoms with Gasteiger partial charge in [-0.2, -0.15) is 4.68 Å². The van der Waals surface area contributed by atoms with Crippen LogP contribution < -0.4 is 5.56 Å². The Morgan fingerprint density at radius 1 is 1.41 bits per heavy atom. The lowest BCUT2D eigenvalue weighted by atomic mass is 10.3. The SMILES string of the molecule is COC(=O)Cn1cnc2c(nnn2-c2cccc(F)c2)c1=O. The lowest BCUT2D eigenvalue weighted by molar-refractivity contribution is -0.141. The third-order valence-electron chi connectivity index (χ3n) is 3.01. The number of hydrogen-bond donors (Lipinski definition) is 0. The number of aromatic nitrogens is 5. The topological polar surface area (TPSA) is 91.9 Å². The normalized spacial score (nSPS) is 10.8. The molecule has 0 unspecified atom stereocenters. The number of carbonyl (C=O) groups excluding carboxylic acids is 1. The van der Waals surface area contributed by atoms with Gasteiger partial charge in [0.2, 0.25) is 0 Å². The maximum absolute atomic E-state index is 13.3. The molecule has 0 aliphatic carbocycles. The Labute approximate surface area is 122 Å². The van der Waals surface area contributed by atoms with Crippen LogP contribution in [0.4, 0.5) is 4.39 Å². The summed E-state index contributed by atoms with van der Waals surface area (Å²) in [6.07, 6.45) is 1.20. The number of halogens is 1. The van der Waals surface area contributed by atoms with Crippen LogP contribution in [0, 0.1) is 5.82 Å². The fraction of sp³-hybridized carbons (Fsp3) is 0.154. The van der Waals surface area contributed by atoms with Crippen LogP contribution in [0.2, 0.25) is 0 Å². The highest BCUT2D eigenvalue weighted by Crippen LogP contribution is 2.12. The predicted octanol–water partition coefficient (Wildman–Crippen LogP) is 0.289. The molecule has 0 aliphatic heterocycles. The summed E-state index contributed by atoms with van der Waals surface area (Å²) >= 11 is 0. The maximum Gasteiger partial charge on any atom is 0.325 e. The van der Waals surface area contributed by atoms with Crippen LogP contribution in [-0.2, 0) is 16.1 Å². The van der Waals surface area contributed by atoms with E-state index in [1.165, 1.54) is 36.3 Å². The van der Waals surface area contributed by atoms with Gasteiger partial charge in [-0.15, -0.1) is 5.10 Å². The third-order valence-corrected chi connectivity index (χ3v) is 3.01. The molecule has 3 aromatic rings. The van der Waals surface area contributed by atoms with Crippen LogP contribution >= 0.6 is 0 Å². The molecule has 0 atom stereocenters. The number of carbonyl (C=O) groups is 1. The molecule has 1 aromatic carbocycles. The quantitative estimate of drug-likeness (QED) is 0.646. The highest BCUT2D eigenvalue weighted by molar-refractivity contribution is 5.72. The second-order valence-corrected chi connectivity index (χ2v) is 4.41. The summed E-state index contributed by atoms with van der Waals surface area (Å²) in [6.45, 7) is -0.273. The Balaban J connectivity index is 2.12. The van der Waals surface area contributed by atoms with Gasteiger partial charge in [-0.3, -0.25) is 14.2 Å². The summed E-state index contributed by atoms with van der Waals surface area (Å²) in [4.78, 5) is 27.5. The summed E-state index contributed by atoms with van der Waals surface area (Å²) in [5, 5.41) is 7.58. The van der Waals surface area contributed by atoms with Crippen LogP contribution in [-0.4, -0.2) is 37.6 Å². The van der Waals surface area contributed by atoms with Gasteiger partial charge < -0.3 is 4.74 Å². The minimum Gasteiger partial charge on any atom is -0.468 e. The van der Waals surface area contributed by atoms with Gasteiger partial charge in [-0.05, 0) is 18.2 Å². The van der Waals surface area contributed by atoms with Crippen molar-refractivity contribution in [1.82, 2.24) is 24.5 Å². The minimum atomic E-state index is -0.583. The van der Waals surface area contributed by atoms with E-state index in [0.29, 0.717) is 5.69 Å². The Morgan fingerprint density at radius 3 is 2.95 bits per heavy atom. The summed E-state index contributed by atoms with van der Waals surface area (Å²) in [7, 11) is 1.22. The second kappa shape index (κ2) is 5.35. The van der Waals surface area contributed by atoms with Gasteiger partial charge in [0.1, 0.15) is 18.7 Å². The summed E-state index contributed by atoms with van der Waals surface area (Å²) in [5.41, 5.74) is 0.0190. The predicted molar refractivity (Wildman–Crippen MR) is 72.9 cm³/mol. The van der Waals surface area contributed by atoms with Gasteiger partial charge in [0, 0.05) is 0 Å². The first-order valence-electron chi connectivity index (χ1n) is 6.24. The van der Waals surface area contributed by atoms with Gasteiger partial charge in [0.05, 0.1) is 12.8 Å². The number of benzene rings is 1. The lowest BCUT2D eigenvalue weighted by Gasteiger charge is -2.04. The Hall–Kier alpha value is -3.10. The van der Waals surface area contributed by atoms with E-state index >= 15 is 0 Å². The van der Waals surface area contributed by atoms with Crippen LogP contribution in [0.25, 0.3) is 16.9 Å². The molecular formula is C13H10FN5O3. The van der Waals surface area contributed by atoms with Crippen LogP contribution in [0.15, 0.2) is 35.4 Å². The molecule has 9 heteroatoms. The number of fused-ring (bicyclic) bond motifs is 1. The molecule has 0 aliphatic rings. The lowest BCUT2D eigenvalue weighted by Crippen LogP contribution is -2.25. The second-order valence-electron chi connectivity index (χ2n) is 4.41. The van der Waals surface area contributed by atoms with E-state index in [0.717, 1.165) is 4.57 Å². The van der Waals surface area contributed by atoms with Crippen molar-refractivity contribution in [3.05, 3.63) is 46.8 Å². The summed E-state index contributed by atoms with van der Waals surface area (Å²) in [5.74, 6) is -1.03. The van der Waals surface area contributed by atoms with Gasteiger partial charge in [0.15, 0.2) is 11.2 Å². The average Bonchev–Trinajstić information content (AvgIpc) is 2.94. The Morgan fingerprint density at radius 2 is 2.23 bits per heavy atom. The first-order valence-corrected chi connectivity index (χ1v) is 6.24.